The first-order valence-corrected chi connectivity index (χ1v) is 11.8. The van der Waals surface area contributed by atoms with Gasteiger partial charge in [-0.15, -0.1) is 0 Å². The van der Waals surface area contributed by atoms with Crippen molar-refractivity contribution in [3.63, 3.8) is 0 Å². The van der Waals surface area contributed by atoms with Crippen molar-refractivity contribution in [3.05, 3.63) is 78.6 Å². The molecule has 162 valence electrons. The molecule has 1 fully saturated rings. The normalized spacial score (nSPS) is 15.6. The molecule has 31 heavy (non-hydrogen) atoms. The van der Waals surface area contributed by atoms with Crippen molar-refractivity contribution in [2.45, 2.75) is 24.3 Å². The number of hydrogen-bond acceptors (Lipinski definition) is 4. The molecule has 0 bridgehead atoms. The maximum Gasteiger partial charge on any atom is 0.309 e. The van der Waals surface area contributed by atoms with Gasteiger partial charge in [-0.1, -0.05) is 54.6 Å². The molecule has 1 aliphatic rings. The average molecular weight is 439 g/mol. The molecule has 0 amide bonds. The van der Waals surface area contributed by atoms with Crippen molar-refractivity contribution in [2.24, 2.45) is 13.0 Å². The number of carbonyl (C=O) groups excluding carboxylic acids is 1. The Kier molecular flexibility index (Phi) is 6.25. The largest absolute Gasteiger partial charge is 0.461 e. The first kappa shape index (κ1) is 21.3. The molecule has 0 spiro atoms. The van der Waals surface area contributed by atoms with Gasteiger partial charge in [0.15, 0.2) is 0 Å². The van der Waals surface area contributed by atoms with Crippen LogP contribution >= 0.6 is 0 Å². The number of aromatic nitrogens is 1. The Morgan fingerprint density at radius 2 is 1.61 bits per heavy atom. The van der Waals surface area contributed by atoms with Gasteiger partial charge in [-0.2, -0.15) is 4.31 Å². The fraction of sp³-hybridized carbons (Fsp3) is 0.292. The van der Waals surface area contributed by atoms with Gasteiger partial charge in [0.1, 0.15) is 6.61 Å². The monoisotopic (exact) mass is 438 g/mol. The lowest BCUT2D eigenvalue weighted by Crippen LogP contribution is -2.40. The summed E-state index contributed by atoms with van der Waals surface area (Å²) in [7, 11) is -1.72. The number of ether oxygens (including phenoxy) is 1. The molecule has 1 aliphatic heterocycles. The minimum absolute atomic E-state index is 0.219. The fourth-order valence-corrected chi connectivity index (χ4v) is 5.33. The SMILES string of the molecule is Cn1ccc(S(=O)(=O)N2CCC(C(=O)OCc3ccc(-c4ccccc4)cc3)CC2)c1. The van der Waals surface area contributed by atoms with Crippen LogP contribution in [0.1, 0.15) is 18.4 Å². The third-order valence-corrected chi connectivity index (χ3v) is 7.55. The van der Waals surface area contributed by atoms with E-state index in [1.807, 2.05) is 42.5 Å². The van der Waals surface area contributed by atoms with Crippen molar-refractivity contribution >= 4 is 16.0 Å². The van der Waals surface area contributed by atoms with Crippen molar-refractivity contribution in [3.8, 4) is 11.1 Å². The Hall–Kier alpha value is -2.90. The van der Waals surface area contributed by atoms with Gasteiger partial charge in [0, 0.05) is 32.5 Å². The second-order valence-electron chi connectivity index (χ2n) is 7.86. The standard InChI is InChI=1S/C24H26N2O4S/c1-25-14-13-23(17-25)31(28,29)26-15-11-22(12-16-26)24(27)30-18-19-7-9-21(10-8-19)20-5-3-2-4-6-20/h2-10,13-14,17,22H,11-12,15-16,18H2,1H3. The molecule has 0 aliphatic carbocycles. The summed E-state index contributed by atoms with van der Waals surface area (Å²) in [6, 6.07) is 19.7. The number of nitrogens with zero attached hydrogens (tertiary/aromatic N) is 2. The van der Waals surface area contributed by atoms with Gasteiger partial charge in [0.05, 0.1) is 10.8 Å². The highest BCUT2D eigenvalue weighted by molar-refractivity contribution is 7.89. The summed E-state index contributed by atoms with van der Waals surface area (Å²) in [5.74, 6) is -0.533. The number of piperidine rings is 1. The van der Waals surface area contributed by atoms with Crippen molar-refractivity contribution in [1.29, 1.82) is 0 Å². The molecule has 2 heterocycles. The number of esters is 1. The number of hydrogen-bond donors (Lipinski definition) is 0. The highest BCUT2D eigenvalue weighted by atomic mass is 32.2. The van der Waals surface area contributed by atoms with Crippen LogP contribution in [0.15, 0.2) is 78.0 Å². The molecule has 1 aromatic heterocycles. The quantitative estimate of drug-likeness (QED) is 0.549. The molecule has 0 saturated carbocycles. The summed E-state index contributed by atoms with van der Waals surface area (Å²) >= 11 is 0. The van der Waals surface area contributed by atoms with E-state index in [9.17, 15) is 13.2 Å². The molecule has 0 N–H and O–H groups in total. The first-order chi connectivity index (χ1) is 14.9. The molecular formula is C24H26N2O4S. The summed E-state index contributed by atoms with van der Waals surface area (Å²) in [6.07, 6.45) is 4.25. The Balaban J connectivity index is 1.28. The van der Waals surface area contributed by atoms with Gasteiger partial charge in [0.2, 0.25) is 10.0 Å². The molecule has 6 nitrogen and oxygen atoms in total. The van der Waals surface area contributed by atoms with E-state index in [2.05, 4.69) is 12.1 Å². The van der Waals surface area contributed by atoms with Gasteiger partial charge >= 0.3 is 5.97 Å². The minimum atomic E-state index is -3.51. The Bertz CT molecular complexity index is 1130. The predicted molar refractivity (Wildman–Crippen MR) is 119 cm³/mol. The topological polar surface area (TPSA) is 68.6 Å². The van der Waals surface area contributed by atoms with E-state index in [0.717, 1.165) is 16.7 Å². The van der Waals surface area contributed by atoms with Gasteiger partial charge in [-0.05, 0) is 35.6 Å². The van der Waals surface area contributed by atoms with E-state index in [1.165, 1.54) is 4.31 Å². The van der Waals surface area contributed by atoms with Crippen molar-refractivity contribution in [1.82, 2.24) is 8.87 Å². The highest BCUT2D eigenvalue weighted by Gasteiger charge is 2.33. The Labute approximate surface area is 183 Å². The van der Waals surface area contributed by atoms with Crippen LogP contribution < -0.4 is 0 Å². The van der Waals surface area contributed by atoms with Crippen molar-refractivity contribution < 1.29 is 17.9 Å². The molecule has 1 saturated heterocycles. The Morgan fingerprint density at radius 3 is 2.23 bits per heavy atom. The van der Waals surface area contributed by atoms with Crippen LogP contribution in [0.2, 0.25) is 0 Å². The third-order valence-electron chi connectivity index (χ3n) is 5.67. The summed E-state index contributed by atoms with van der Waals surface area (Å²) in [5.41, 5.74) is 3.18. The lowest BCUT2D eigenvalue weighted by atomic mass is 9.98. The van der Waals surface area contributed by atoms with Crippen LogP contribution in [0, 0.1) is 5.92 Å². The van der Waals surface area contributed by atoms with Crippen LogP contribution in [0.4, 0.5) is 0 Å². The highest BCUT2D eigenvalue weighted by Crippen LogP contribution is 2.25. The Morgan fingerprint density at radius 1 is 0.968 bits per heavy atom. The lowest BCUT2D eigenvalue weighted by molar-refractivity contribution is -0.151. The van der Waals surface area contributed by atoms with E-state index in [1.54, 1.807) is 30.1 Å². The zero-order chi connectivity index (χ0) is 21.8. The van der Waals surface area contributed by atoms with Gasteiger partial charge in [-0.25, -0.2) is 8.42 Å². The first-order valence-electron chi connectivity index (χ1n) is 10.4. The van der Waals surface area contributed by atoms with E-state index in [4.69, 9.17) is 4.74 Å². The number of benzene rings is 2. The molecule has 3 aromatic rings. The van der Waals surface area contributed by atoms with Crippen LogP contribution in [0.25, 0.3) is 11.1 Å². The van der Waals surface area contributed by atoms with Crippen LogP contribution in [-0.4, -0.2) is 36.3 Å². The molecule has 7 heteroatoms. The minimum Gasteiger partial charge on any atom is -0.461 e. The van der Waals surface area contributed by atoms with Crippen LogP contribution in [0.5, 0.6) is 0 Å². The van der Waals surface area contributed by atoms with Crippen LogP contribution in [0.3, 0.4) is 0 Å². The summed E-state index contributed by atoms with van der Waals surface area (Å²) in [4.78, 5) is 12.8. The van der Waals surface area contributed by atoms with E-state index < -0.39 is 10.0 Å². The lowest BCUT2D eigenvalue weighted by Gasteiger charge is -2.29. The number of sulfonamides is 1. The molecule has 2 aromatic carbocycles. The fourth-order valence-electron chi connectivity index (χ4n) is 3.81. The zero-order valence-electron chi connectivity index (χ0n) is 17.5. The summed E-state index contributed by atoms with van der Waals surface area (Å²) in [6.45, 7) is 0.863. The van der Waals surface area contributed by atoms with E-state index in [0.29, 0.717) is 25.9 Å². The number of rotatable bonds is 6. The van der Waals surface area contributed by atoms with Gasteiger partial charge in [-0.3, -0.25) is 4.79 Å². The maximum absolute atomic E-state index is 12.7. The summed E-state index contributed by atoms with van der Waals surface area (Å²) in [5, 5.41) is 0. The second kappa shape index (κ2) is 9.08. The molecule has 4 rings (SSSR count). The van der Waals surface area contributed by atoms with Crippen molar-refractivity contribution in [2.75, 3.05) is 13.1 Å². The molecule has 0 unspecified atom stereocenters. The summed E-state index contributed by atoms with van der Waals surface area (Å²) < 4.78 is 34.1. The predicted octanol–water partition coefficient (Wildman–Crippen LogP) is 3.84. The van der Waals surface area contributed by atoms with Crippen LogP contribution in [-0.2, 0) is 33.2 Å². The van der Waals surface area contributed by atoms with E-state index >= 15 is 0 Å². The third kappa shape index (κ3) is 4.89. The van der Waals surface area contributed by atoms with Gasteiger partial charge in [0.25, 0.3) is 0 Å². The second-order valence-corrected chi connectivity index (χ2v) is 9.80. The number of aryl methyl sites for hydroxylation is 1. The maximum atomic E-state index is 12.7. The zero-order valence-corrected chi connectivity index (χ0v) is 18.3. The molecule has 0 atom stereocenters. The van der Waals surface area contributed by atoms with Gasteiger partial charge < -0.3 is 9.30 Å². The number of carbonyl (C=O) groups is 1. The smallest absolute Gasteiger partial charge is 0.309 e. The molecular weight excluding hydrogens is 412 g/mol. The molecule has 0 radical (unpaired) electrons. The average Bonchev–Trinajstić information content (AvgIpc) is 3.26. The van der Waals surface area contributed by atoms with E-state index in [-0.39, 0.29) is 23.4 Å².